The minimum absolute atomic E-state index is 0.0915. The van der Waals surface area contributed by atoms with Crippen molar-refractivity contribution in [2.24, 2.45) is 11.7 Å². The van der Waals surface area contributed by atoms with Crippen molar-refractivity contribution in [2.45, 2.75) is 26.4 Å². The molecule has 0 aromatic heterocycles. The van der Waals surface area contributed by atoms with Crippen LogP contribution in [0.2, 0.25) is 0 Å². The van der Waals surface area contributed by atoms with Crippen LogP contribution in [0.3, 0.4) is 0 Å². The van der Waals surface area contributed by atoms with Gasteiger partial charge >= 0.3 is 0 Å². The van der Waals surface area contributed by atoms with Gasteiger partial charge in [-0.15, -0.1) is 0 Å². The quantitative estimate of drug-likeness (QED) is 0.618. The summed E-state index contributed by atoms with van der Waals surface area (Å²) >= 11 is 0. The van der Waals surface area contributed by atoms with Crippen LogP contribution in [0.15, 0.2) is 24.3 Å². The van der Waals surface area contributed by atoms with Gasteiger partial charge in [0.25, 0.3) is 0 Å². The number of ether oxygens (including phenoxy) is 1. The van der Waals surface area contributed by atoms with Gasteiger partial charge in [0, 0.05) is 19.0 Å². The number of hydrogen-bond donors (Lipinski definition) is 2. The fraction of sp³-hybridized carbons (Fsp3) is 0.562. The summed E-state index contributed by atoms with van der Waals surface area (Å²) in [5.41, 5.74) is 8.29. The molecule has 1 aromatic rings. The van der Waals surface area contributed by atoms with Crippen LogP contribution in [-0.4, -0.2) is 37.0 Å². The number of nitrogens with two attached hydrogens (primary N) is 1. The Morgan fingerprint density at radius 2 is 2.25 bits per heavy atom. The number of nitrogens with one attached hydrogen (secondary N) is 1. The van der Waals surface area contributed by atoms with Gasteiger partial charge in [0.2, 0.25) is 0 Å². The fourth-order valence-electron chi connectivity index (χ4n) is 2.68. The molecule has 1 aliphatic rings. The maximum absolute atomic E-state index is 7.53. The molecule has 3 N–H and O–H groups in total. The highest BCUT2D eigenvalue weighted by Crippen LogP contribution is 2.27. The Labute approximate surface area is 121 Å². The average Bonchev–Trinajstić information content (AvgIpc) is 2.46. The van der Waals surface area contributed by atoms with Crippen LogP contribution in [0.25, 0.3) is 0 Å². The predicted molar refractivity (Wildman–Crippen MR) is 82.0 cm³/mol. The predicted octanol–water partition coefficient (Wildman–Crippen LogP) is 2.19. The molecule has 20 heavy (non-hydrogen) atoms. The Kier molecular flexibility index (Phi) is 5.15. The van der Waals surface area contributed by atoms with Crippen LogP contribution in [0, 0.1) is 11.3 Å². The van der Waals surface area contributed by atoms with Crippen molar-refractivity contribution in [3.05, 3.63) is 35.4 Å². The molecule has 4 heteroatoms. The molecule has 110 valence electrons. The Morgan fingerprint density at radius 3 is 2.95 bits per heavy atom. The van der Waals surface area contributed by atoms with Crippen molar-refractivity contribution in [3.8, 4) is 0 Å². The van der Waals surface area contributed by atoms with Crippen molar-refractivity contribution in [1.29, 1.82) is 5.41 Å². The first-order chi connectivity index (χ1) is 9.61. The Bertz CT molecular complexity index is 461. The van der Waals surface area contributed by atoms with Crippen molar-refractivity contribution >= 4 is 5.84 Å². The average molecular weight is 275 g/mol. The fourth-order valence-corrected chi connectivity index (χ4v) is 2.68. The molecule has 2 atom stereocenters. The number of fused-ring (bicyclic) bond motifs is 1. The van der Waals surface area contributed by atoms with Gasteiger partial charge in [-0.2, -0.15) is 0 Å². The third-order valence-electron chi connectivity index (χ3n) is 4.03. The lowest BCUT2D eigenvalue weighted by Crippen LogP contribution is -2.38. The monoisotopic (exact) mass is 275 g/mol. The molecule has 2 rings (SSSR count). The zero-order valence-electron chi connectivity index (χ0n) is 12.4. The van der Waals surface area contributed by atoms with Gasteiger partial charge in [0.15, 0.2) is 0 Å². The van der Waals surface area contributed by atoms with Crippen LogP contribution in [0.4, 0.5) is 0 Å². The molecule has 1 aromatic carbocycles. The molecule has 0 radical (unpaired) electrons. The minimum atomic E-state index is 0.0915. The van der Waals surface area contributed by atoms with Crippen LogP contribution >= 0.6 is 0 Å². The molecule has 0 fully saturated rings. The lowest BCUT2D eigenvalue weighted by Gasteiger charge is -2.32. The Morgan fingerprint density at radius 1 is 1.50 bits per heavy atom. The Hall–Kier alpha value is -1.39. The molecule has 2 unspecified atom stereocenters. The topological polar surface area (TPSA) is 62.3 Å². The maximum Gasteiger partial charge on any atom is 0.0954 e. The molecule has 0 bridgehead atoms. The van der Waals surface area contributed by atoms with Crippen LogP contribution in [0.5, 0.6) is 0 Å². The van der Waals surface area contributed by atoms with E-state index in [0.29, 0.717) is 0 Å². The molecule has 0 spiro atoms. The highest BCUT2D eigenvalue weighted by atomic mass is 16.5. The SMILES string of the molecule is CCN(CC(C)C(=N)N)CC1OCCc2ccccc21. The van der Waals surface area contributed by atoms with Crippen molar-refractivity contribution in [1.82, 2.24) is 4.90 Å². The van der Waals surface area contributed by atoms with E-state index in [2.05, 4.69) is 36.1 Å². The number of nitrogens with zero attached hydrogens (tertiary/aromatic N) is 1. The lowest BCUT2D eigenvalue weighted by atomic mass is 9.97. The summed E-state index contributed by atoms with van der Waals surface area (Å²) in [6, 6.07) is 8.53. The van der Waals surface area contributed by atoms with Gasteiger partial charge < -0.3 is 10.5 Å². The number of likely N-dealkylation sites (N-methyl/N-ethyl adjacent to an activating group) is 1. The second kappa shape index (κ2) is 6.86. The second-order valence-electron chi connectivity index (χ2n) is 5.52. The van der Waals surface area contributed by atoms with Gasteiger partial charge in [-0.1, -0.05) is 38.1 Å². The van der Waals surface area contributed by atoms with Gasteiger partial charge in [0.1, 0.15) is 0 Å². The molecule has 1 aliphatic heterocycles. The van der Waals surface area contributed by atoms with E-state index in [9.17, 15) is 0 Å². The summed E-state index contributed by atoms with van der Waals surface area (Å²) in [5, 5.41) is 7.53. The summed E-state index contributed by atoms with van der Waals surface area (Å²) in [7, 11) is 0. The standard InChI is InChI=1S/C16H25N3O/c1-3-19(10-12(2)16(17)18)11-15-14-7-5-4-6-13(14)8-9-20-15/h4-7,12,15H,3,8-11H2,1-2H3,(H3,17,18). The first-order valence-corrected chi connectivity index (χ1v) is 7.37. The van der Waals surface area contributed by atoms with E-state index in [1.54, 1.807) is 0 Å². The molecular weight excluding hydrogens is 250 g/mol. The summed E-state index contributed by atoms with van der Waals surface area (Å²) in [4.78, 5) is 2.32. The zero-order chi connectivity index (χ0) is 14.5. The highest BCUT2D eigenvalue weighted by Gasteiger charge is 2.23. The number of rotatable bonds is 6. The van der Waals surface area contributed by atoms with Gasteiger partial charge in [-0.3, -0.25) is 10.3 Å². The number of amidine groups is 1. The van der Waals surface area contributed by atoms with Crippen molar-refractivity contribution in [2.75, 3.05) is 26.2 Å². The minimum Gasteiger partial charge on any atom is -0.387 e. The molecule has 1 heterocycles. The summed E-state index contributed by atoms with van der Waals surface area (Å²) in [6.07, 6.45) is 1.14. The van der Waals surface area contributed by atoms with Crippen molar-refractivity contribution in [3.63, 3.8) is 0 Å². The van der Waals surface area contributed by atoms with E-state index in [1.165, 1.54) is 11.1 Å². The Balaban J connectivity index is 2.03. The van der Waals surface area contributed by atoms with Crippen LogP contribution < -0.4 is 5.73 Å². The van der Waals surface area contributed by atoms with E-state index in [-0.39, 0.29) is 17.9 Å². The number of hydrogen-bond acceptors (Lipinski definition) is 3. The van der Waals surface area contributed by atoms with E-state index in [1.807, 2.05) is 6.92 Å². The largest absolute Gasteiger partial charge is 0.387 e. The third kappa shape index (κ3) is 3.58. The van der Waals surface area contributed by atoms with Crippen molar-refractivity contribution < 1.29 is 4.74 Å². The van der Waals surface area contributed by atoms with Crippen LogP contribution in [-0.2, 0) is 11.2 Å². The van der Waals surface area contributed by atoms with Crippen LogP contribution in [0.1, 0.15) is 31.1 Å². The van der Waals surface area contributed by atoms with Gasteiger partial charge in [0.05, 0.1) is 18.5 Å². The molecule has 0 amide bonds. The maximum atomic E-state index is 7.53. The summed E-state index contributed by atoms with van der Waals surface area (Å²) in [5.74, 6) is 0.349. The second-order valence-corrected chi connectivity index (χ2v) is 5.52. The van der Waals surface area contributed by atoms with E-state index in [4.69, 9.17) is 15.9 Å². The van der Waals surface area contributed by atoms with E-state index in [0.717, 1.165) is 32.7 Å². The summed E-state index contributed by atoms with van der Waals surface area (Å²) in [6.45, 7) is 7.56. The van der Waals surface area contributed by atoms with E-state index < -0.39 is 0 Å². The molecule has 0 aliphatic carbocycles. The van der Waals surface area contributed by atoms with Gasteiger partial charge in [-0.05, 0) is 24.1 Å². The first kappa shape index (κ1) is 15.0. The molecular formula is C16H25N3O. The zero-order valence-corrected chi connectivity index (χ0v) is 12.4. The number of benzene rings is 1. The third-order valence-corrected chi connectivity index (χ3v) is 4.03. The summed E-state index contributed by atoms with van der Waals surface area (Å²) < 4.78 is 5.95. The van der Waals surface area contributed by atoms with Gasteiger partial charge in [-0.25, -0.2) is 0 Å². The van der Waals surface area contributed by atoms with E-state index >= 15 is 0 Å². The molecule has 0 saturated heterocycles. The first-order valence-electron chi connectivity index (χ1n) is 7.37. The smallest absolute Gasteiger partial charge is 0.0954 e. The molecule has 0 saturated carbocycles. The normalized spacial score (nSPS) is 19.6. The highest BCUT2D eigenvalue weighted by molar-refractivity contribution is 5.79. The molecule has 4 nitrogen and oxygen atoms in total. The lowest BCUT2D eigenvalue weighted by molar-refractivity contribution is 0.0157.